The van der Waals surface area contributed by atoms with Crippen LogP contribution >= 0.6 is 23.1 Å². The smallest absolute Gasteiger partial charge is 0.252 e. The van der Waals surface area contributed by atoms with Crippen LogP contribution in [0.25, 0.3) is 10.2 Å². The maximum Gasteiger partial charge on any atom is 0.252 e. The first kappa shape index (κ1) is 18.7. The summed E-state index contributed by atoms with van der Waals surface area (Å²) >= 11 is 2.28. The highest BCUT2D eigenvalue weighted by Gasteiger charge is 2.17. The Morgan fingerprint density at radius 1 is 1.33 bits per heavy atom. The number of Topliss-reactive ketones (excluding diaryl/α,β-unsaturated/α-hetero) is 1. The van der Waals surface area contributed by atoms with Crippen molar-refractivity contribution < 1.29 is 14.7 Å². The van der Waals surface area contributed by atoms with Crippen LogP contribution in [-0.4, -0.2) is 27.5 Å². The first-order chi connectivity index (χ1) is 12.9. The van der Waals surface area contributed by atoms with Crippen LogP contribution in [0, 0.1) is 11.3 Å². The van der Waals surface area contributed by atoms with Gasteiger partial charge in [0, 0.05) is 17.3 Å². The van der Waals surface area contributed by atoms with Crippen molar-refractivity contribution in [1.82, 2.24) is 4.98 Å². The van der Waals surface area contributed by atoms with Gasteiger partial charge < -0.3 is 15.4 Å². The fourth-order valence-electron chi connectivity index (χ4n) is 2.38. The molecule has 7 nitrogen and oxygen atoms in total. The Balaban J connectivity index is 1.73. The maximum absolute atomic E-state index is 12.2. The molecule has 3 rings (SSSR count). The molecule has 27 heavy (non-hydrogen) atoms. The van der Waals surface area contributed by atoms with Gasteiger partial charge in [0.25, 0.3) is 5.56 Å². The lowest BCUT2D eigenvalue weighted by molar-refractivity contribution is -0.113. The molecular weight excluding hydrogens is 386 g/mol. The fourth-order valence-corrected chi connectivity index (χ4v) is 4.52. The third-order valence-corrected chi connectivity index (χ3v) is 6.13. The number of aromatic amines is 1. The van der Waals surface area contributed by atoms with Crippen LogP contribution in [0.15, 0.2) is 39.3 Å². The van der Waals surface area contributed by atoms with Crippen LogP contribution in [0.1, 0.15) is 22.8 Å². The molecule has 136 valence electrons. The summed E-state index contributed by atoms with van der Waals surface area (Å²) in [4.78, 5) is 37.5. The summed E-state index contributed by atoms with van der Waals surface area (Å²) in [7, 11) is 0. The minimum atomic E-state index is -0.502. The average Bonchev–Trinajstić information content (AvgIpc) is 2.98. The van der Waals surface area contributed by atoms with Crippen LogP contribution in [-0.2, 0) is 4.79 Å². The normalized spacial score (nSPS) is 10.5. The van der Waals surface area contributed by atoms with E-state index in [-0.39, 0.29) is 34.3 Å². The summed E-state index contributed by atoms with van der Waals surface area (Å²) in [6.45, 7) is 1.47. The van der Waals surface area contributed by atoms with E-state index in [1.54, 1.807) is 24.3 Å². The topological polar surface area (TPSA) is 123 Å². The van der Waals surface area contributed by atoms with E-state index in [4.69, 9.17) is 0 Å². The number of H-pyrrole nitrogens is 1. The number of nitrogens with one attached hydrogen (secondary N) is 2. The molecule has 2 heterocycles. The van der Waals surface area contributed by atoms with Crippen molar-refractivity contribution in [3.05, 3.63) is 51.8 Å². The number of thiophene rings is 1. The van der Waals surface area contributed by atoms with E-state index in [1.807, 2.05) is 6.07 Å². The molecule has 1 amide bonds. The first-order valence-electron chi connectivity index (χ1n) is 7.71. The number of hydrogen-bond acceptors (Lipinski definition) is 7. The largest absolute Gasteiger partial charge is 0.506 e. The zero-order chi connectivity index (χ0) is 19.6. The Kier molecular flexibility index (Phi) is 5.30. The van der Waals surface area contributed by atoms with Crippen molar-refractivity contribution >= 4 is 50.7 Å². The lowest BCUT2D eigenvalue weighted by Gasteiger charge is -2.05. The third kappa shape index (κ3) is 4.02. The molecule has 0 atom stereocenters. The zero-order valence-electron chi connectivity index (χ0n) is 14.0. The van der Waals surface area contributed by atoms with Gasteiger partial charge in [-0.2, -0.15) is 5.26 Å². The van der Waals surface area contributed by atoms with Crippen LogP contribution < -0.4 is 10.9 Å². The minimum absolute atomic E-state index is 0.0426. The SMILES string of the molecule is CC(=O)c1ccc(NC(=O)CSc2sc3c(O)cc(=O)[nH]c3c2C#N)cc1. The lowest BCUT2D eigenvalue weighted by atomic mass is 10.1. The van der Waals surface area contributed by atoms with Crippen LogP contribution in [0.5, 0.6) is 5.75 Å². The van der Waals surface area contributed by atoms with Crippen LogP contribution in [0.4, 0.5) is 5.69 Å². The number of aromatic nitrogens is 1. The van der Waals surface area contributed by atoms with E-state index in [2.05, 4.69) is 10.3 Å². The number of pyridine rings is 1. The first-order valence-corrected chi connectivity index (χ1v) is 9.51. The Bertz CT molecular complexity index is 1140. The number of nitriles is 1. The summed E-state index contributed by atoms with van der Waals surface area (Å²) in [6, 6.07) is 9.60. The molecule has 0 spiro atoms. The van der Waals surface area contributed by atoms with Crippen molar-refractivity contribution in [1.29, 1.82) is 5.26 Å². The number of hydrogen-bond donors (Lipinski definition) is 3. The van der Waals surface area contributed by atoms with E-state index >= 15 is 0 Å². The van der Waals surface area contributed by atoms with Gasteiger partial charge in [-0.25, -0.2) is 0 Å². The number of benzene rings is 1. The lowest BCUT2D eigenvalue weighted by Crippen LogP contribution is -2.14. The van der Waals surface area contributed by atoms with Crippen LogP contribution in [0.3, 0.4) is 0 Å². The molecule has 0 aliphatic rings. The predicted molar refractivity (Wildman–Crippen MR) is 105 cm³/mol. The molecule has 0 radical (unpaired) electrons. The van der Waals surface area contributed by atoms with Gasteiger partial charge in [-0.15, -0.1) is 23.1 Å². The molecule has 0 saturated heterocycles. The fraction of sp³-hybridized carbons (Fsp3) is 0.111. The Hall–Kier alpha value is -3.09. The number of nitrogens with zero attached hydrogens (tertiary/aromatic N) is 1. The van der Waals surface area contributed by atoms with Gasteiger partial charge in [-0.1, -0.05) is 0 Å². The third-order valence-electron chi connectivity index (χ3n) is 3.65. The van der Waals surface area contributed by atoms with Gasteiger partial charge in [0.2, 0.25) is 5.91 Å². The number of thioether (sulfide) groups is 1. The second-order valence-electron chi connectivity index (χ2n) is 5.57. The van der Waals surface area contributed by atoms with E-state index in [1.165, 1.54) is 6.92 Å². The summed E-state index contributed by atoms with van der Waals surface area (Å²) in [6.07, 6.45) is 0. The number of ketones is 1. The monoisotopic (exact) mass is 399 g/mol. The standard InChI is InChI=1S/C18H13N3O4S2/c1-9(22)10-2-4-11(5-3-10)20-15(25)8-26-18-12(7-19)16-17(27-18)13(23)6-14(24)21-16/h2-6H,8H2,1H3,(H,20,25)(H2,21,23,24). The number of aromatic hydroxyl groups is 1. The van der Waals surface area contributed by atoms with Gasteiger partial charge >= 0.3 is 0 Å². The maximum atomic E-state index is 12.2. The molecule has 9 heteroatoms. The molecule has 0 aliphatic carbocycles. The average molecular weight is 399 g/mol. The summed E-state index contributed by atoms with van der Waals surface area (Å²) in [5.41, 5.74) is 1.11. The number of rotatable bonds is 5. The van der Waals surface area contributed by atoms with Crippen molar-refractivity contribution in [2.45, 2.75) is 11.1 Å². The Morgan fingerprint density at radius 3 is 2.67 bits per heavy atom. The highest BCUT2D eigenvalue weighted by Crippen LogP contribution is 2.39. The van der Waals surface area contributed by atoms with E-state index in [0.29, 0.717) is 20.2 Å². The van der Waals surface area contributed by atoms with E-state index in [9.17, 15) is 24.8 Å². The highest BCUT2D eigenvalue weighted by molar-refractivity contribution is 8.02. The molecule has 1 aromatic carbocycles. The summed E-state index contributed by atoms with van der Waals surface area (Å²) in [5.74, 6) is -0.494. The van der Waals surface area contributed by atoms with Crippen LogP contribution in [0.2, 0.25) is 0 Å². The number of carbonyl (C=O) groups is 2. The molecule has 3 N–H and O–H groups in total. The molecule has 0 saturated carbocycles. The number of amides is 1. The van der Waals surface area contributed by atoms with Crippen molar-refractivity contribution in [3.8, 4) is 11.8 Å². The minimum Gasteiger partial charge on any atom is -0.506 e. The quantitative estimate of drug-likeness (QED) is 0.447. The number of carbonyl (C=O) groups excluding carboxylic acids is 2. The van der Waals surface area contributed by atoms with Crippen molar-refractivity contribution in [2.75, 3.05) is 11.1 Å². The Labute approximate surface area is 161 Å². The molecule has 3 aromatic rings. The molecule has 0 aliphatic heterocycles. The number of anilines is 1. The van der Waals surface area contributed by atoms with Crippen molar-refractivity contribution in [3.63, 3.8) is 0 Å². The number of fused-ring (bicyclic) bond motifs is 1. The molecule has 0 unspecified atom stereocenters. The summed E-state index contributed by atoms with van der Waals surface area (Å²) < 4.78 is 0.931. The van der Waals surface area contributed by atoms with Gasteiger partial charge in [-0.05, 0) is 31.2 Å². The van der Waals surface area contributed by atoms with E-state index in [0.717, 1.165) is 29.2 Å². The van der Waals surface area contributed by atoms with Gasteiger partial charge in [-0.3, -0.25) is 14.4 Å². The highest BCUT2D eigenvalue weighted by atomic mass is 32.2. The molecular formula is C18H13N3O4S2. The van der Waals surface area contributed by atoms with E-state index < -0.39 is 5.56 Å². The second kappa shape index (κ2) is 7.65. The van der Waals surface area contributed by atoms with Gasteiger partial charge in [0.1, 0.15) is 17.4 Å². The Morgan fingerprint density at radius 2 is 2.04 bits per heavy atom. The van der Waals surface area contributed by atoms with Crippen molar-refractivity contribution in [2.24, 2.45) is 0 Å². The molecule has 2 aromatic heterocycles. The molecule has 0 fully saturated rings. The summed E-state index contributed by atoms with van der Waals surface area (Å²) in [5, 5.41) is 22.0. The predicted octanol–water partition coefficient (Wildman–Crippen LogP) is 3.10. The van der Waals surface area contributed by atoms with Gasteiger partial charge in [0.05, 0.1) is 20.2 Å². The second-order valence-corrected chi connectivity index (χ2v) is 7.83. The zero-order valence-corrected chi connectivity index (χ0v) is 15.7. The molecule has 0 bridgehead atoms. The van der Waals surface area contributed by atoms with Gasteiger partial charge in [0.15, 0.2) is 5.78 Å².